The first kappa shape index (κ1) is 13.4. The Morgan fingerprint density at radius 2 is 2.22 bits per heavy atom. The lowest BCUT2D eigenvalue weighted by atomic mass is 10.00. The molecule has 1 fully saturated rings. The number of nitrogens with zero attached hydrogens (tertiary/aromatic N) is 3. The largest absolute Gasteiger partial charge is 0.297 e. The van der Waals surface area contributed by atoms with Gasteiger partial charge < -0.3 is 0 Å². The Morgan fingerprint density at radius 3 is 2.67 bits per heavy atom. The second-order valence-corrected chi connectivity index (χ2v) is 5.70. The van der Waals surface area contributed by atoms with Crippen molar-refractivity contribution in [1.82, 2.24) is 15.1 Å². The molecule has 1 aliphatic rings. The Bertz CT molecular complexity index is 484. The molecule has 1 unspecified atom stereocenters. The van der Waals surface area contributed by atoms with Gasteiger partial charge in [0.25, 0.3) is 0 Å². The summed E-state index contributed by atoms with van der Waals surface area (Å²) in [5.41, 5.74) is 1.35. The van der Waals surface area contributed by atoms with Crippen molar-refractivity contribution in [2.45, 2.75) is 58.2 Å². The molecule has 18 heavy (non-hydrogen) atoms. The van der Waals surface area contributed by atoms with Crippen LogP contribution < -0.4 is 5.32 Å². The minimum Gasteiger partial charge on any atom is -0.297 e. The van der Waals surface area contributed by atoms with E-state index in [1.54, 1.807) is 0 Å². The number of hydrogen-bond acceptors (Lipinski definition) is 3. The summed E-state index contributed by atoms with van der Waals surface area (Å²) in [6.07, 6.45) is 3.10. The highest BCUT2D eigenvalue weighted by atomic mass is 35.5. The van der Waals surface area contributed by atoms with Crippen LogP contribution in [0.1, 0.15) is 37.6 Å². The van der Waals surface area contributed by atoms with Gasteiger partial charge in [-0.1, -0.05) is 11.6 Å². The third kappa shape index (κ3) is 2.85. The van der Waals surface area contributed by atoms with Crippen molar-refractivity contribution < 1.29 is 0 Å². The van der Waals surface area contributed by atoms with E-state index >= 15 is 0 Å². The summed E-state index contributed by atoms with van der Waals surface area (Å²) in [6.45, 7) is 6.53. The van der Waals surface area contributed by atoms with E-state index in [9.17, 15) is 5.26 Å². The smallest absolute Gasteiger partial charge is 0.105 e. The Hall–Kier alpha value is -1.05. The van der Waals surface area contributed by atoms with E-state index in [0.29, 0.717) is 12.6 Å². The fourth-order valence-electron chi connectivity index (χ4n) is 2.06. The van der Waals surface area contributed by atoms with Crippen molar-refractivity contribution in [3.8, 4) is 6.07 Å². The van der Waals surface area contributed by atoms with Crippen LogP contribution in [0.15, 0.2) is 0 Å². The molecule has 1 saturated carbocycles. The number of aromatic nitrogens is 2. The van der Waals surface area contributed by atoms with Crippen molar-refractivity contribution in [1.29, 1.82) is 5.26 Å². The van der Waals surface area contributed by atoms with Crippen molar-refractivity contribution in [2.24, 2.45) is 0 Å². The van der Waals surface area contributed by atoms with Crippen LogP contribution in [-0.4, -0.2) is 21.4 Å². The fraction of sp³-hybridized carbons (Fsp3) is 0.692. The van der Waals surface area contributed by atoms with Crippen molar-refractivity contribution in [3.63, 3.8) is 0 Å². The van der Waals surface area contributed by atoms with Crippen LogP contribution in [0.3, 0.4) is 0 Å². The van der Waals surface area contributed by atoms with Gasteiger partial charge in [0.2, 0.25) is 0 Å². The minimum atomic E-state index is -0.472. The molecule has 0 radical (unpaired) electrons. The predicted molar refractivity (Wildman–Crippen MR) is 71.5 cm³/mol. The summed E-state index contributed by atoms with van der Waals surface area (Å²) in [4.78, 5) is 0. The summed E-state index contributed by atoms with van der Waals surface area (Å²) in [6, 6.07) is 2.90. The second-order valence-electron chi connectivity index (χ2n) is 5.32. The first-order valence-corrected chi connectivity index (χ1v) is 6.71. The molecule has 5 heteroatoms. The van der Waals surface area contributed by atoms with Gasteiger partial charge in [0.1, 0.15) is 5.54 Å². The van der Waals surface area contributed by atoms with Gasteiger partial charge in [0.05, 0.1) is 22.5 Å². The molecule has 1 heterocycles. The predicted octanol–water partition coefficient (Wildman–Crippen LogP) is 2.58. The first-order chi connectivity index (χ1) is 8.45. The van der Waals surface area contributed by atoms with E-state index in [1.165, 1.54) is 12.8 Å². The second kappa shape index (κ2) is 4.91. The molecule has 0 amide bonds. The topological polar surface area (TPSA) is 53.6 Å². The zero-order chi connectivity index (χ0) is 13.3. The molecule has 1 N–H and O–H groups in total. The number of halogens is 1. The molecule has 2 rings (SSSR count). The standard InChI is InChI=1S/C13H19ClN4/c1-9-12(14)10(2)18(17-9)7-6-13(3,8-15)16-11-4-5-11/h11,16H,4-7H2,1-3H3. The molecular formula is C13H19ClN4. The maximum Gasteiger partial charge on any atom is 0.105 e. The lowest BCUT2D eigenvalue weighted by Gasteiger charge is -2.23. The van der Waals surface area contributed by atoms with Gasteiger partial charge >= 0.3 is 0 Å². The molecule has 4 nitrogen and oxygen atoms in total. The Kier molecular flexibility index (Phi) is 3.65. The molecule has 1 aromatic heterocycles. The van der Waals surface area contributed by atoms with Crippen LogP contribution in [0.5, 0.6) is 0 Å². The van der Waals surface area contributed by atoms with E-state index < -0.39 is 5.54 Å². The summed E-state index contributed by atoms with van der Waals surface area (Å²) in [5.74, 6) is 0. The molecular weight excluding hydrogens is 248 g/mol. The highest BCUT2D eigenvalue weighted by Gasteiger charge is 2.32. The molecule has 0 aliphatic heterocycles. The average Bonchev–Trinajstić information content (AvgIpc) is 3.11. The van der Waals surface area contributed by atoms with Crippen LogP contribution in [0, 0.1) is 25.2 Å². The van der Waals surface area contributed by atoms with Crippen molar-refractivity contribution in [3.05, 3.63) is 16.4 Å². The van der Waals surface area contributed by atoms with E-state index in [-0.39, 0.29) is 0 Å². The Balaban J connectivity index is 2.01. The molecule has 1 aliphatic carbocycles. The maximum atomic E-state index is 9.30. The highest BCUT2D eigenvalue weighted by molar-refractivity contribution is 6.31. The molecule has 1 aromatic rings. The zero-order valence-electron chi connectivity index (χ0n) is 11.1. The molecule has 0 bridgehead atoms. The minimum absolute atomic E-state index is 0.472. The third-order valence-electron chi connectivity index (χ3n) is 3.46. The number of aryl methyl sites for hydroxylation is 2. The summed E-state index contributed by atoms with van der Waals surface area (Å²) in [5, 5.41) is 17.8. The fourth-order valence-corrected chi connectivity index (χ4v) is 2.20. The summed E-state index contributed by atoms with van der Waals surface area (Å²) in [7, 11) is 0. The van der Waals surface area contributed by atoms with Crippen LogP contribution in [0.25, 0.3) is 0 Å². The van der Waals surface area contributed by atoms with Crippen molar-refractivity contribution in [2.75, 3.05) is 0 Å². The molecule has 0 aromatic carbocycles. The number of rotatable bonds is 5. The molecule has 0 spiro atoms. The van der Waals surface area contributed by atoms with Gasteiger partial charge in [-0.15, -0.1) is 0 Å². The zero-order valence-corrected chi connectivity index (χ0v) is 11.9. The molecule has 1 atom stereocenters. The van der Waals surface area contributed by atoms with Crippen LogP contribution in [0.4, 0.5) is 0 Å². The van der Waals surface area contributed by atoms with E-state index in [2.05, 4.69) is 16.5 Å². The lowest BCUT2D eigenvalue weighted by Crippen LogP contribution is -2.43. The summed E-state index contributed by atoms with van der Waals surface area (Å²) >= 11 is 6.11. The SMILES string of the molecule is Cc1nn(CCC(C)(C#N)NC2CC2)c(C)c1Cl. The average molecular weight is 267 g/mol. The Morgan fingerprint density at radius 1 is 1.56 bits per heavy atom. The quantitative estimate of drug-likeness (QED) is 0.891. The van der Waals surface area contributed by atoms with Crippen LogP contribution >= 0.6 is 11.6 Å². The van der Waals surface area contributed by atoms with Crippen LogP contribution in [-0.2, 0) is 6.54 Å². The third-order valence-corrected chi connectivity index (χ3v) is 4.01. The monoisotopic (exact) mass is 266 g/mol. The van der Waals surface area contributed by atoms with Crippen molar-refractivity contribution >= 4 is 11.6 Å². The van der Waals surface area contributed by atoms with Gasteiger partial charge in [-0.2, -0.15) is 10.4 Å². The van der Waals surface area contributed by atoms with Gasteiger partial charge in [-0.3, -0.25) is 10.00 Å². The summed E-state index contributed by atoms with van der Waals surface area (Å²) < 4.78 is 1.89. The normalized spacial score (nSPS) is 18.4. The van der Waals surface area contributed by atoms with Gasteiger partial charge in [0, 0.05) is 12.6 Å². The van der Waals surface area contributed by atoms with Crippen LogP contribution in [0.2, 0.25) is 5.02 Å². The molecule has 98 valence electrons. The number of nitrogens with one attached hydrogen (secondary N) is 1. The van der Waals surface area contributed by atoms with Gasteiger partial charge in [-0.25, -0.2) is 0 Å². The first-order valence-electron chi connectivity index (χ1n) is 6.33. The van der Waals surface area contributed by atoms with Gasteiger partial charge in [-0.05, 0) is 40.0 Å². The van der Waals surface area contributed by atoms with E-state index in [4.69, 9.17) is 11.6 Å². The molecule has 0 saturated heterocycles. The van der Waals surface area contributed by atoms with E-state index in [0.717, 1.165) is 22.8 Å². The maximum absolute atomic E-state index is 9.30. The van der Waals surface area contributed by atoms with Gasteiger partial charge in [0.15, 0.2) is 0 Å². The lowest BCUT2D eigenvalue weighted by molar-refractivity contribution is 0.377. The highest BCUT2D eigenvalue weighted by Crippen LogP contribution is 2.25. The number of nitriles is 1. The number of hydrogen-bond donors (Lipinski definition) is 1. The van der Waals surface area contributed by atoms with E-state index in [1.807, 2.05) is 25.5 Å². The Labute approximate surface area is 113 Å².